The van der Waals surface area contributed by atoms with E-state index in [-0.39, 0.29) is 18.5 Å². The molecule has 0 aliphatic carbocycles. The van der Waals surface area contributed by atoms with Crippen LogP contribution in [-0.4, -0.2) is 49.6 Å². The third-order valence-electron chi connectivity index (χ3n) is 1.69. The molecule has 0 bridgehead atoms. The third kappa shape index (κ3) is 5.76. The summed E-state index contributed by atoms with van der Waals surface area (Å²) >= 11 is 2.88. The second-order valence-electron chi connectivity index (χ2n) is 2.89. The minimum absolute atomic E-state index is 0.0727. The topological polar surface area (TPSA) is 91.3 Å². The Morgan fingerprint density at radius 1 is 1.28 bits per heavy atom. The van der Waals surface area contributed by atoms with E-state index in [9.17, 15) is 14.4 Å². The van der Waals surface area contributed by atoms with E-state index >= 15 is 0 Å². The number of Topliss-reactive ketones (excluding diaryl/α,β-unsaturated/α-hetero) is 1. The van der Waals surface area contributed by atoms with Crippen molar-refractivity contribution in [3.05, 3.63) is 0 Å². The molecule has 102 valence electrons. The first kappa shape index (κ1) is 16.6. The molecule has 0 saturated carbocycles. The van der Waals surface area contributed by atoms with Gasteiger partial charge >= 0.3 is 11.9 Å². The van der Waals surface area contributed by atoms with Crippen molar-refractivity contribution in [1.29, 1.82) is 0 Å². The van der Waals surface area contributed by atoms with Gasteiger partial charge in [0.25, 0.3) is 0 Å². The lowest BCUT2D eigenvalue weighted by molar-refractivity contribution is -0.162. The van der Waals surface area contributed by atoms with E-state index in [1.165, 1.54) is 13.3 Å². The zero-order chi connectivity index (χ0) is 14.0. The number of hydrogen-bond acceptors (Lipinski definition) is 7. The molecule has 0 aromatic rings. The van der Waals surface area contributed by atoms with E-state index in [1.807, 2.05) is 0 Å². The monoisotopic (exact) mass is 323 g/mol. The summed E-state index contributed by atoms with van der Waals surface area (Å²) in [4.78, 5) is 38.8. The quantitative estimate of drug-likeness (QED) is 0.210. The van der Waals surface area contributed by atoms with Gasteiger partial charge in [-0.3, -0.25) is 14.4 Å². The number of carbonyl (C=O) groups excluding carboxylic acids is 3. The highest BCUT2D eigenvalue weighted by molar-refractivity contribution is 9.09. The molecule has 0 fully saturated rings. The SMILES string of the molecule is CCOC(=O)C(C(=O)CBr)C(=O)OCC=NOC. The van der Waals surface area contributed by atoms with Crippen molar-refractivity contribution >= 4 is 39.9 Å². The lowest BCUT2D eigenvalue weighted by Crippen LogP contribution is -2.35. The van der Waals surface area contributed by atoms with Crippen LogP contribution >= 0.6 is 15.9 Å². The summed E-state index contributed by atoms with van der Waals surface area (Å²) in [6.07, 6.45) is 1.18. The first-order chi connectivity index (χ1) is 8.58. The fourth-order valence-electron chi connectivity index (χ4n) is 0.970. The van der Waals surface area contributed by atoms with Gasteiger partial charge in [-0.1, -0.05) is 21.1 Å². The van der Waals surface area contributed by atoms with Crippen LogP contribution in [0.15, 0.2) is 5.16 Å². The van der Waals surface area contributed by atoms with Gasteiger partial charge in [0.2, 0.25) is 5.92 Å². The zero-order valence-corrected chi connectivity index (χ0v) is 11.6. The first-order valence-corrected chi connectivity index (χ1v) is 6.17. The number of rotatable bonds is 8. The second kappa shape index (κ2) is 9.58. The summed E-state index contributed by atoms with van der Waals surface area (Å²) in [5.41, 5.74) is 0. The van der Waals surface area contributed by atoms with Crippen LogP contribution in [0.2, 0.25) is 0 Å². The number of halogens is 1. The molecule has 0 aliphatic rings. The average Bonchev–Trinajstić information content (AvgIpc) is 2.35. The van der Waals surface area contributed by atoms with E-state index in [0.29, 0.717) is 0 Å². The number of esters is 2. The van der Waals surface area contributed by atoms with Crippen LogP contribution in [0.1, 0.15) is 6.92 Å². The van der Waals surface area contributed by atoms with E-state index < -0.39 is 23.6 Å². The molecule has 0 amide bonds. The highest BCUT2D eigenvalue weighted by atomic mass is 79.9. The highest BCUT2D eigenvalue weighted by Crippen LogP contribution is 2.07. The molecule has 1 atom stereocenters. The van der Waals surface area contributed by atoms with Crippen molar-refractivity contribution < 1.29 is 28.7 Å². The van der Waals surface area contributed by atoms with Gasteiger partial charge in [0.05, 0.1) is 18.2 Å². The maximum absolute atomic E-state index is 11.6. The Morgan fingerprint density at radius 3 is 2.39 bits per heavy atom. The van der Waals surface area contributed by atoms with Crippen LogP contribution < -0.4 is 0 Å². The summed E-state index contributed by atoms with van der Waals surface area (Å²) in [5.74, 6) is -4.08. The molecule has 0 aromatic carbocycles. The standard InChI is InChI=1S/C10H14BrNO6/c1-3-17-9(14)8(7(13)6-11)10(15)18-5-4-12-16-2/h4,8H,3,5-6H2,1-2H3. The van der Waals surface area contributed by atoms with Gasteiger partial charge < -0.3 is 14.3 Å². The number of ketones is 1. The molecule has 0 rings (SSSR count). The fourth-order valence-corrected chi connectivity index (χ4v) is 1.29. The van der Waals surface area contributed by atoms with Crippen molar-refractivity contribution in [3.63, 3.8) is 0 Å². The Hall–Kier alpha value is -1.44. The van der Waals surface area contributed by atoms with Gasteiger partial charge in [0.1, 0.15) is 13.7 Å². The number of hydrogen-bond donors (Lipinski definition) is 0. The van der Waals surface area contributed by atoms with Crippen molar-refractivity contribution in [1.82, 2.24) is 0 Å². The van der Waals surface area contributed by atoms with Gasteiger partial charge in [0, 0.05) is 0 Å². The molecule has 0 radical (unpaired) electrons. The average molecular weight is 324 g/mol. The summed E-state index contributed by atoms with van der Waals surface area (Å²) in [6.45, 7) is 1.45. The molecular weight excluding hydrogens is 310 g/mol. The van der Waals surface area contributed by atoms with Crippen LogP contribution in [0, 0.1) is 5.92 Å². The molecular formula is C10H14BrNO6. The molecule has 1 unspecified atom stereocenters. The Balaban J connectivity index is 4.55. The zero-order valence-electron chi connectivity index (χ0n) is 10.1. The van der Waals surface area contributed by atoms with E-state index in [4.69, 9.17) is 0 Å². The Kier molecular flexibility index (Phi) is 8.81. The Labute approximate surface area is 113 Å². The number of ether oxygens (including phenoxy) is 2. The van der Waals surface area contributed by atoms with Gasteiger partial charge in [-0.2, -0.15) is 0 Å². The molecule has 8 heteroatoms. The van der Waals surface area contributed by atoms with Crippen LogP contribution in [0.5, 0.6) is 0 Å². The number of carbonyl (C=O) groups is 3. The molecule has 0 saturated heterocycles. The van der Waals surface area contributed by atoms with Gasteiger partial charge in [-0.05, 0) is 6.92 Å². The minimum atomic E-state index is -1.57. The predicted molar refractivity (Wildman–Crippen MR) is 65.4 cm³/mol. The van der Waals surface area contributed by atoms with Gasteiger partial charge in [0.15, 0.2) is 5.78 Å². The van der Waals surface area contributed by atoms with E-state index in [0.717, 1.165) is 0 Å². The Morgan fingerprint density at radius 2 is 1.89 bits per heavy atom. The number of oxime groups is 1. The van der Waals surface area contributed by atoms with E-state index in [2.05, 4.69) is 35.4 Å². The molecule has 0 heterocycles. The maximum Gasteiger partial charge on any atom is 0.328 e. The van der Waals surface area contributed by atoms with Crippen molar-refractivity contribution in [2.75, 3.05) is 25.7 Å². The summed E-state index contributed by atoms with van der Waals surface area (Å²) in [5, 5.41) is 3.20. The smallest absolute Gasteiger partial charge is 0.328 e. The summed E-state index contributed by atoms with van der Waals surface area (Å²) in [6, 6.07) is 0. The second-order valence-corrected chi connectivity index (χ2v) is 3.45. The maximum atomic E-state index is 11.6. The molecule has 0 spiro atoms. The van der Waals surface area contributed by atoms with E-state index in [1.54, 1.807) is 6.92 Å². The molecule has 18 heavy (non-hydrogen) atoms. The molecule has 0 N–H and O–H groups in total. The number of alkyl halides is 1. The van der Waals surface area contributed by atoms with Crippen LogP contribution in [0.4, 0.5) is 0 Å². The highest BCUT2D eigenvalue weighted by Gasteiger charge is 2.35. The third-order valence-corrected chi connectivity index (χ3v) is 2.24. The molecule has 0 aromatic heterocycles. The molecule has 0 aliphatic heterocycles. The predicted octanol–water partition coefficient (Wildman–Crippen LogP) is 0.305. The largest absolute Gasteiger partial charge is 0.465 e. The Bertz CT molecular complexity index is 330. The molecule has 7 nitrogen and oxygen atoms in total. The summed E-state index contributed by atoms with van der Waals surface area (Å²) in [7, 11) is 1.33. The first-order valence-electron chi connectivity index (χ1n) is 5.05. The van der Waals surface area contributed by atoms with Crippen LogP contribution in [-0.2, 0) is 28.7 Å². The van der Waals surface area contributed by atoms with Crippen molar-refractivity contribution in [2.24, 2.45) is 11.1 Å². The van der Waals surface area contributed by atoms with Gasteiger partial charge in [-0.15, -0.1) is 0 Å². The normalized spacial score (nSPS) is 11.9. The minimum Gasteiger partial charge on any atom is -0.465 e. The van der Waals surface area contributed by atoms with Crippen LogP contribution in [0.3, 0.4) is 0 Å². The fraction of sp³-hybridized carbons (Fsp3) is 0.600. The van der Waals surface area contributed by atoms with Gasteiger partial charge in [-0.25, -0.2) is 0 Å². The van der Waals surface area contributed by atoms with Crippen molar-refractivity contribution in [2.45, 2.75) is 6.92 Å². The lowest BCUT2D eigenvalue weighted by Gasteiger charge is -2.11. The lowest BCUT2D eigenvalue weighted by atomic mass is 10.1. The number of nitrogens with zero attached hydrogens (tertiary/aromatic N) is 1. The van der Waals surface area contributed by atoms with Crippen molar-refractivity contribution in [3.8, 4) is 0 Å². The summed E-state index contributed by atoms with van der Waals surface area (Å²) < 4.78 is 9.32. The van der Waals surface area contributed by atoms with Crippen LogP contribution in [0.25, 0.3) is 0 Å².